The maximum atomic E-state index is 11.5. The molecule has 0 saturated carbocycles. The Balaban J connectivity index is 5.35. The number of hydrogen-bond donors (Lipinski definition) is 1. The van der Waals surface area contributed by atoms with Crippen LogP contribution in [-0.2, 0) is 19.1 Å². The molecule has 29 heavy (non-hydrogen) atoms. The average Bonchev–Trinajstić information content (AvgIpc) is 2.52. The smallest absolute Gasteiger partial charge is 0.303 e. The van der Waals surface area contributed by atoms with E-state index in [1.165, 1.54) is 25.5 Å². The van der Waals surface area contributed by atoms with E-state index < -0.39 is 23.8 Å². The molecule has 0 radical (unpaired) electrons. The van der Waals surface area contributed by atoms with Crippen molar-refractivity contribution in [3.05, 3.63) is 47.6 Å². The van der Waals surface area contributed by atoms with Crippen molar-refractivity contribution in [3.63, 3.8) is 0 Å². The van der Waals surface area contributed by atoms with Crippen molar-refractivity contribution >= 4 is 11.9 Å². The summed E-state index contributed by atoms with van der Waals surface area (Å²) in [6, 6.07) is 0. The molecule has 0 aliphatic rings. The summed E-state index contributed by atoms with van der Waals surface area (Å²) in [5, 5.41) is 10.2. The van der Waals surface area contributed by atoms with Gasteiger partial charge >= 0.3 is 11.9 Å². The molecule has 5 heteroatoms. The zero-order valence-electron chi connectivity index (χ0n) is 19.1. The van der Waals surface area contributed by atoms with Crippen LogP contribution < -0.4 is 0 Å². The van der Waals surface area contributed by atoms with Crippen molar-refractivity contribution in [2.75, 3.05) is 0 Å². The Kier molecular flexibility index (Phi) is 12.2. The Labute approximate surface area is 176 Å². The Morgan fingerprint density at radius 3 is 1.97 bits per heavy atom. The van der Waals surface area contributed by atoms with Crippen LogP contribution in [0.4, 0.5) is 0 Å². The lowest BCUT2D eigenvalue weighted by atomic mass is 9.96. The van der Waals surface area contributed by atoms with Crippen molar-refractivity contribution in [2.45, 2.75) is 92.0 Å². The van der Waals surface area contributed by atoms with Crippen LogP contribution in [0.2, 0.25) is 0 Å². The minimum Gasteiger partial charge on any atom is -0.458 e. The summed E-state index contributed by atoms with van der Waals surface area (Å²) in [6.07, 6.45) is 8.89. The van der Waals surface area contributed by atoms with Crippen LogP contribution in [0.15, 0.2) is 47.6 Å². The molecule has 0 aromatic carbocycles. The molecule has 1 N–H and O–H groups in total. The summed E-state index contributed by atoms with van der Waals surface area (Å²) in [7, 11) is 0. The Morgan fingerprint density at radius 1 is 0.966 bits per heavy atom. The summed E-state index contributed by atoms with van der Waals surface area (Å²) in [5.74, 6) is -0.771. The Morgan fingerprint density at radius 2 is 1.48 bits per heavy atom. The lowest BCUT2D eigenvalue weighted by Gasteiger charge is -2.24. The van der Waals surface area contributed by atoms with Gasteiger partial charge < -0.3 is 14.6 Å². The van der Waals surface area contributed by atoms with Crippen molar-refractivity contribution in [1.29, 1.82) is 0 Å². The zero-order chi connectivity index (χ0) is 22.6. The Bertz CT molecular complexity index is 648. The predicted molar refractivity (Wildman–Crippen MR) is 117 cm³/mol. The molecule has 0 amide bonds. The highest BCUT2D eigenvalue weighted by atomic mass is 16.5. The van der Waals surface area contributed by atoms with Crippen molar-refractivity contribution in [3.8, 4) is 0 Å². The first-order chi connectivity index (χ1) is 13.3. The SMILES string of the molecule is C=C[C@](C)(O)C[C@H](/C=C(\C)C[C@H](/C=C(\C)CCC=C(C)C)OC(C)=O)OC(C)=O. The lowest BCUT2D eigenvalue weighted by Crippen LogP contribution is -2.29. The van der Waals surface area contributed by atoms with E-state index in [4.69, 9.17) is 9.47 Å². The van der Waals surface area contributed by atoms with E-state index >= 15 is 0 Å². The molecule has 0 aliphatic carbocycles. The quantitative estimate of drug-likeness (QED) is 0.356. The normalized spacial score (nSPS) is 16.3. The second-order valence-corrected chi connectivity index (χ2v) is 8.11. The van der Waals surface area contributed by atoms with Crippen molar-refractivity contribution in [2.24, 2.45) is 0 Å². The molecule has 0 aromatic heterocycles. The van der Waals surface area contributed by atoms with Gasteiger partial charge in [0.15, 0.2) is 0 Å². The molecule has 3 atom stereocenters. The van der Waals surface area contributed by atoms with Gasteiger partial charge in [-0.2, -0.15) is 0 Å². The van der Waals surface area contributed by atoms with Crippen LogP contribution in [0, 0.1) is 0 Å². The highest BCUT2D eigenvalue weighted by molar-refractivity contribution is 5.66. The van der Waals surface area contributed by atoms with E-state index in [1.54, 1.807) is 13.0 Å². The standard InChI is InChI=1S/C24H38O5/c1-9-24(8,27)16-23(29-21(7)26)15-19(5)14-22(28-20(6)25)13-18(4)12-10-11-17(2)3/h9,11,13,15,22-23,27H,1,10,12,14,16H2,2-8H3/b18-13+,19-15+/t22-,23-,24-/m0/s1. The average molecular weight is 407 g/mol. The summed E-state index contributed by atoms with van der Waals surface area (Å²) in [4.78, 5) is 22.9. The highest BCUT2D eigenvalue weighted by Crippen LogP contribution is 2.21. The number of carbonyl (C=O) groups is 2. The van der Waals surface area contributed by atoms with Gasteiger partial charge in [0.05, 0.1) is 5.60 Å². The second-order valence-electron chi connectivity index (χ2n) is 8.11. The molecular weight excluding hydrogens is 368 g/mol. The molecular formula is C24H38O5. The maximum absolute atomic E-state index is 11.5. The van der Waals surface area contributed by atoms with Crippen LogP contribution in [0.5, 0.6) is 0 Å². The monoisotopic (exact) mass is 406 g/mol. The van der Waals surface area contributed by atoms with Crippen LogP contribution >= 0.6 is 0 Å². The molecule has 0 bridgehead atoms. The Hall–Kier alpha value is -2.14. The largest absolute Gasteiger partial charge is 0.458 e. The van der Waals surface area contributed by atoms with Gasteiger partial charge in [-0.05, 0) is 59.6 Å². The van der Waals surface area contributed by atoms with Crippen LogP contribution in [0.1, 0.15) is 74.1 Å². The summed E-state index contributed by atoms with van der Waals surface area (Å²) < 4.78 is 10.8. The number of allylic oxidation sites excluding steroid dienone is 3. The first kappa shape index (κ1) is 26.9. The molecule has 0 spiro atoms. The van der Waals surface area contributed by atoms with Crippen LogP contribution in [0.25, 0.3) is 0 Å². The first-order valence-corrected chi connectivity index (χ1v) is 10.0. The van der Waals surface area contributed by atoms with Gasteiger partial charge in [-0.3, -0.25) is 9.59 Å². The fourth-order valence-electron chi connectivity index (χ4n) is 2.88. The molecule has 164 valence electrons. The van der Waals surface area contributed by atoms with Gasteiger partial charge in [-0.25, -0.2) is 0 Å². The minimum atomic E-state index is -1.16. The molecule has 0 heterocycles. The summed E-state index contributed by atoms with van der Waals surface area (Å²) in [6.45, 7) is 16.0. The summed E-state index contributed by atoms with van der Waals surface area (Å²) >= 11 is 0. The number of aliphatic hydroxyl groups is 1. The number of esters is 2. The number of carbonyl (C=O) groups excluding carboxylic acids is 2. The zero-order valence-corrected chi connectivity index (χ0v) is 19.1. The molecule has 0 saturated heterocycles. The molecule has 0 fully saturated rings. The molecule has 0 unspecified atom stereocenters. The van der Waals surface area contributed by atoms with E-state index in [0.717, 1.165) is 24.0 Å². The van der Waals surface area contributed by atoms with Gasteiger partial charge in [0.1, 0.15) is 12.2 Å². The number of hydrogen-bond acceptors (Lipinski definition) is 5. The maximum Gasteiger partial charge on any atom is 0.303 e. The predicted octanol–water partition coefficient (Wildman–Crippen LogP) is 5.21. The third-order valence-corrected chi connectivity index (χ3v) is 4.24. The second kappa shape index (κ2) is 13.2. The number of ether oxygens (including phenoxy) is 2. The fourth-order valence-corrected chi connectivity index (χ4v) is 2.88. The van der Waals surface area contributed by atoms with E-state index in [1.807, 2.05) is 19.9 Å². The van der Waals surface area contributed by atoms with Gasteiger partial charge in [0, 0.05) is 26.7 Å². The van der Waals surface area contributed by atoms with Crippen LogP contribution in [-0.4, -0.2) is 34.9 Å². The molecule has 0 aliphatic heterocycles. The third kappa shape index (κ3) is 14.5. The van der Waals surface area contributed by atoms with E-state index in [9.17, 15) is 14.7 Å². The van der Waals surface area contributed by atoms with E-state index in [0.29, 0.717) is 6.42 Å². The lowest BCUT2D eigenvalue weighted by molar-refractivity contribution is -0.146. The van der Waals surface area contributed by atoms with Gasteiger partial charge in [0.2, 0.25) is 0 Å². The fraction of sp³-hybridized carbons (Fsp3) is 0.583. The van der Waals surface area contributed by atoms with E-state index in [2.05, 4.69) is 26.5 Å². The van der Waals surface area contributed by atoms with Gasteiger partial charge in [0.25, 0.3) is 0 Å². The van der Waals surface area contributed by atoms with Crippen molar-refractivity contribution in [1.82, 2.24) is 0 Å². The first-order valence-electron chi connectivity index (χ1n) is 10.0. The van der Waals surface area contributed by atoms with Gasteiger partial charge in [-0.15, -0.1) is 6.58 Å². The highest BCUT2D eigenvalue weighted by Gasteiger charge is 2.23. The number of rotatable bonds is 12. The summed E-state index contributed by atoms with van der Waals surface area (Å²) in [5.41, 5.74) is 2.16. The molecule has 0 rings (SSSR count). The van der Waals surface area contributed by atoms with E-state index in [-0.39, 0.29) is 12.4 Å². The van der Waals surface area contributed by atoms with Crippen LogP contribution in [0.3, 0.4) is 0 Å². The topological polar surface area (TPSA) is 72.8 Å². The van der Waals surface area contributed by atoms with Gasteiger partial charge in [-0.1, -0.05) is 28.9 Å². The minimum absolute atomic E-state index is 0.198. The molecule has 5 nitrogen and oxygen atoms in total. The third-order valence-electron chi connectivity index (χ3n) is 4.24. The molecule has 0 aromatic rings. The van der Waals surface area contributed by atoms with Crippen molar-refractivity contribution < 1.29 is 24.2 Å².